The van der Waals surface area contributed by atoms with E-state index in [1.807, 2.05) is 18.2 Å². The standard InChI is InChI=1S/C20H17FN6O/c1-27-19(9-17(26-27)16-4-2-3-7-23-16)28-18-8-14(21)5-6-15(18)20-24-11-13(10-22)12-25-20/h2-9,11-12H,10,22H2,1H3. The summed E-state index contributed by atoms with van der Waals surface area (Å²) in [4.78, 5) is 12.9. The van der Waals surface area contributed by atoms with E-state index in [1.54, 1.807) is 42.5 Å². The van der Waals surface area contributed by atoms with Gasteiger partial charge < -0.3 is 10.5 Å². The van der Waals surface area contributed by atoms with E-state index in [9.17, 15) is 4.39 Å². The Bertz CT molecular complexity index is 1100. The summed E-state index contributed by atoms with van der Waals surface area (Å²) in [6.07, 6.45) is 4.97. The summed E-state index contributed by atoms with van der Waals surface area (Å²) < 4.78 is 21.4. The lowest BCUT2D eigenvalue weighted by Crippen LogP contribution is -2.01. The van der Waals surface area contributed by atoms with E-state index in [-0.39, 0.29) is 5.75 Å². The fourth-order valence-electron chi connectivity index (χ4n) is 2.66. The number of nitrogens with two attached hydrogens (primary N) is 1. The summed E-state index contributed by atoms with van der Waals surface area (Å²) in [5, 5.41) is 4.41. The molecule has 0 saturated carbocycles. The van der Waals surface area contributed by atoms with Gasteiger partial charge in [0.05, 0.1) is 11.3 Å². The zero-order valence-corrected chi connectivity index (χ0v) is 15.1. The van der Waals surface area contributed by atoms with Crippen molar-refractivity contribution in [2.24, 2.45) is 12.8 Å². The quantitative estimate of drug-likeness (QED) is 0.574. The van der Waals surface area contributed by atoms with E-state index in [2.05, 4.69) is 20.1 Å². The molecule has 0 bridgehead atoms. The van der Waals surface area contributed by atoms with Gasteiger partial charge in [0.1, 0.15) is 17.3 Å². The van der Waals surface area contributed by atoms with Crippen molar-refractivity contribution in [2.75, 3.05) is 0 Å². The molecule has 0 spiro atoms. The van der Waals surface area contributed by atoms with Gasteiger partial charge >= 0.3 is 0 Å². The molecule has 3 aromatic heterocycles. The van der Waals surface area contributed by atoms with E-state index in [0.29, 0.717) is 35.2 Å². The highest BCUT2D eigenvalue weighted by atomic mass is 19.1. The third-order valence-corrected chi connectivity index (χ3v) is 4.10. The Morgan fingerprint density at radius 3 is 2.57 bits per heavy atom. The monoisotopic (exact) mass is 376 g/mol. The van der Waals surface area contributed by atoms with Gasteiger partial charge in [-0.25, -0.2) is 19.0 Å². The van der Waals surface area contributed by atoms with Gasteiger partial charge in [-0.2, -0.15) is 5.10 Å². The van der Waals surface area contributed by atoms with E-state index < -0.39 is 5.82 Å². The fourth-order valence-corrected chi connectivity index (χ4v) is 2.66. The number of nitrogens with zero attached hydrogens (tertiary/aromatic N) is 5. The van der Waals surface area contributed by atoms with E-state index in [1.165, 1.54) is 12.1 Å². The molecule has 140 valence electrons. The molecule has 2 N–H and O–H groups in total. The molecule has 8 heteroatoms. The number of hydrogen-bond donors (Lipinski definition) is 1. The number of benzene rings is 1. The van der Waals surface area contributed by atoms with Crippen LogP contribution in [0.3, 0.4) is 0 Å². The number of aryl methyl sites for hydroxylation is 1. The summed E-state index contributed by atoms with van der Waals surface area (Å²) in [7, 11) is 1.74. The number of aromatic nitrogens is 5. The minimum absolute atomic E-state index is 0.288. The van der Waals surface area contributed by atoms with Crippen LogP contribution in [0.25, 0.3) is 22.8 Å². The van der Waals surface area contributed by atoms with Gasteiger partial charge in [-0.3, -0.25) is 4.98 Å². The minimum Gasteiger partial charge on any atom is -0.438 e. The van der Waals surface area contributed by atoms with Gasteiger partial charge in [0, 0.05) is 49.9 Å². The normalized spacial score (nSPS) is 10.8. The molecule has 3 heterocycles. The van der Waals surface area contributed by atoms with Crippen LogP contribution in [-0.2, 0) is 13.6 Å². The highest BCUT2D eigenvalue weighted by Crippen LogP contribution is 2.33. The maximum atomic E-state index is 13.9. The molecule has 0 saturated heterocycles. The van der Waals surface area contributed by atoms with Gasteiger partial charge in [-0.05, 0) is 24.3 Å². The van der Waals surface area contributed by atoms with Crippen molar-refractivity contribution in [3.8, 4) is 34.4 Å². The first-order valence-corrected chi connectivity index (χ1v) is 8.58. The summed E-state index contributed by atoms with van der Waals surface area (Å²) >= 11 is 0. The molecule has 0 radical (unpaired) electrons. The average Bonchev–Trinajstić information content (AvgIpc) is 3.09. The first kappa shape index (κ1) is 17.7. The minimum atomic E-state index is -0.426. The van der Waals surface area contributed by atoms with Crippen LogP contribution in [0.5, 0.6) is 11.6 Å². The molecule has 4 rings (SSSR count). The molecule has 28 heavy (non-hydrogen) atoms. The highest BCUT2D eigenvalue weighted by Gasteiger charge is 2.15. The second kappa shape index (κ2) is 7.53. The summed E-state index contributed by atoms with van der Waals surface area (Å²) in [5.74, 6) is 0.714. The molecule has 7 nitrogen and oxygen atoms in total. The predicted molar refractivity (Wildman–Crippen MR) is 102 cm³/mol. The summed E-state index contributed by atoms with van der Waals surface area (Å²) in [6.45, 7) is 0.346. The second-order valence-corrected chi connectivity index (χ2v) is 6.07. The maximum absolute atomic E-state index is 13.9. The zero-order valence-electron chi connectivity index (χ0n) is 15.1. The number of halogens is 1. The third kappa shape index (κ3) is 3.58. The van der Waals surface area contributed by atoms with Crippen LogP contribution >= 0.6 is 0 Å². The molecular formula is C20H17FN6O. The fraction of sp³-hybridized carbons (Fsp3) is 0.100. The Balaban J connectivity index is 1.70. The summed E-state index contributed by atoms with van der Waals surface area (Å²) in [6, 6.07) is 11.5. The van der Waals surface area contributed by atoms with Crippen molar-refractivity contribution >= 4 is 0 Å². The maximum Gasteiger partial charge on any atom is 0.218 e. The Hall–Kier alpha value is -3.65. The molecule has 0 aliphatic heterocycles. The molecule has 0 aliphatic rings. The number of pyridine rings is 1. The highest BCUT2D eigenvalue weighted by molar-refractivity contribution is 5.65. The van der Waals surface area contributed by atoms with Crippen LogP contribution in [0.4, 0.5) is 4.39 Å². The van der Waals surface area contributed by atoms with Gasteiger partial charge in [0.15, 0.2) is 5.82 Å². The lowest BCUT2D eigenvalue weighted by atomic mass is 10.1. The molecule has 0 fully saturated rings. The van der Waals surface area contributed by atoms with Crippen LogP contribution in [0.2, 0.25) is 0 Å². The molecule has 0 amide bonds. The number of hydrogen-bond acceptors (Lipinski definition) is 6. The Morgan fingerprint density at radius 2 is 1.86 bits per heavy atom. The predicted octanol–water partition coefficient (Wildman–Crippen LogP) is 3.33. The molecule has 0 aliphatic carbocycles. The largest absolute Gasteiger partial charge is 0.438 e. The van der Waals surface area contributed by atoms with Crippen LogP contribution in [0, 0.1) is 5.82 Å². The lowest BCUT2D eigenvalue weighted by Gasteiger charge is -2.10. The Kier molecular flexibility index (Phi) is 4.77. The molecule has 0 atom stereocenters. The van der Waals surface area contributed by atoms with Gasteiger partial charge in [-0.15, -0.1) is 0 Å². The van der Waals surface area contributed by atoms with Crippen LogP contribution in [0.15, 0.2) is 61.1 Å². The van der Waals surface area contributed by atoms with Crippen molar-refractivity contribution in [1.29, 1.82) is 0 Å². The van der Waals surface area contributed by atoms with Crippen LogP contribution in [0.1, 0.15) is 5.56 Å². The van der Waals surface area contributed by atoms with Crippen molar-refractivity contribution in [2.45, 2.75) is 6.54 Å². The zero-order chi connectivity index (χ0) is 19.5. The molecule has 4 aromatic rings. The SMILES string of the molecule is Cn1nc(-c2ccccn2)cc1Oc1cc(F)ccc1-c1ncc(CN)cn1. The average molecular weight is 376 g/mol. The molecule has 0 unspecified atom stereocenters. The smallest absolute Gasteiger partial charge is 0.218 e. The van der Waals surface area contributed by atoms with Crippen LogP contribution in [-0.4, -0.2) is 24.7 Å². The molecule has 1 aromatic carbocycles. The topological polar surface area (TPSA) is 91.7 Å². The second-order valence-electron chi connectivity index (χ2n) is 6.07. The van der Waals surface area contributed by atoms with Crippen molar-refractivity contribution in [1.82, 2.24) is 24.7 Å². The van der Waals surface area contributed by atoms with Crippen molar-refractivity contribution in [3.05, 3.63) is 72.4 Å². The summed E-state index contributed by atoms with van der Waals surface area (Å²) in [5.41, 5.74) is 8.32. The first-order chi connectivity index (χ1) is 13.6. The third-order valence-electron chi connectivity index (χ3n) is 4.10. The van der Waals surface area contributed by atoms with E-state index in [4.69, 9.17) is 10.5 Å². The Morgan fingerprint density at radius 1 is 1.04 bits per heavy atom. The van der Waals surface area contributed by atoms with E-state index in [0.717, 1.165) is 5.56 Å². The number of ether oxygens (including phenoxy) is 1. The van der Waals surface area contributed by atoms with E-state index >= 15 is 0 Å². The van der Waals surface area contributed by atoms with Crippen LogP contribution < -0.4 is 10.5 Å². The van der Waals surface area contributed by atoms with Gasteiger partial charge in [0.25, 0.3) is 0 Å². The van der Waals surface area contributed by atoms with Crippen molar-refractivity contribution in [3.63, 3.8) is 0 Å². The Labute approximate surface area is 160 Å². The van der Waals surface area contributed by atoms with Crippen molar-refractivity contribution < 1.29 is 9.13 Å². The molecular weight excluding hydrogens is 359 g/mol. The first-order valence-electron chi connectivity index (χ1n) is 8.58. The van der Waals surface area contributed by atoms with Gasteiger partial charge in [-0.1, -0.05) is 6.07 Å². The number of rotatable bonds is 5. The van der Waals surface area contributed by atoms with Gasteiger partial charge in [0.2, 0.25) is 5.88 Å². The lowest BCUT2D eigenvalue weighted by molar-refractivity contribution is 0.428.